The number of carbonyl (C=O) groups excluding carboxylic acids is 3. The van der Waals surface area contributed by atoms with Crippen molar-refractivity contribution in [3.05, 3.63) is 57.5 Å². The Labute approximate surface area is 125 Å². The van der Waals surface area contributed by atoms with Gasteiger partial charge < -0.3 is 0 Å². The molecule has 21 heavy (non-hydrogen) atoms. The zero-order chi connectivity index (χ0) is 15.4. The Bertz CT molecular complexity index is 703. The van der Waals surface area contributed by atoms with E-state index in [2.05, 4.69) is 0 Å². The maximum absolute atomic E-state index is 13.1. The van der Waals surface area contributed by atoms with Crippen molar-refractivity contribution in [2.24, 2.45) is 0 Å². The lowest BCUT2D eigenvalue weighted by atomic mass is 10.1. The first-order valence-electron chi connectivity index (χ1n) is 6.34. The molecule has 0 saturated heterocycles. The van der Waals surface area contributed by atoms with Gasteiger partial charge in [0.2, 0.25) is 5.78 Å². The minimum absolute atomic E-state index is 0.299. The SMILES string of the molecule is CC(=O)C(=O)CC(=O)c1csc(Cc2cccc(F)c2)c1. The minimum atomic E-state index is -0.683. The average molecular weight is 304 g/mol. The number of rotatable bonds is 6. The minimum Gasteiger partial charge on any atom is -0.294 e. The number of halogens is 1. The molecule has 1 aromatic carbocycles. The van der Waals surface area contributed by atoms with Crippen LogP contribution >= 0.6 is 11.3 Å². The summed E-state index contributed by atoms with van der Waals surface area (Å²) in [6.07, 6.45) is 0.127. The number of hydrogen-bond donors (Lipinski definition) is 0. The highest BCUT2D eigenvalue weighted by molar-refractivity contribution is 7.10. The molecule has 0 N–H and O–H groups in total. The fourth-order valence-corrected chi connectivity index (χ4v) is 2.76. The molecule has 0 aliphatic rings. The maximum atomic E-state index is 13.1. The molecule has 0 aliphatic carbocycles. The van der Waals surface area contributed by atoms with Gasteiger partial charge in [-0.2, -0.15) is 0 Å². The topological polar surface area (TPSA) is 51.2 Å². The van der Waals surface area contributed by atoms with E-state index >= 15 is 0 Å². The van der Waals surface area contributed by atoms with E-state index in [1.165, 1.54) is 23.5 Å². The maximum Gasteiger partial charge on any atom is 0.205 e. The van der Waals surface area contributed by atoms with E-state index in [1.54, 1.807) is 17.5 Å². The Hall–Kier alpha value is -2.14. The van der Waals surface area contributed by atoms with E-state index in [-0.39, 0.29) is 11.6 Å². The monoisotopic (exact) mass is 304 g/mol. The zero-order valence-electron chi connectivity index (χ0n) is 11.4. The van der Waals surface area contributed by atoms with Gasteiger partial charge in [-0.3, -0.25) is 14.4 Å². The van der Waals surface area contributed by atoms with Gasteiger partial charge in [-0.25, -0.2) is 4.39 Å². The Kier molecular flexibility index (Phi) is 4.75. The molecule has 3 nitrogen and oxygen atoms in total. The first-order chi connectivity index (χ1) is 9.95. The average Bonchev–Trinajstić information content (AvgIpc) is 2.87. The van der Waals surface area contributed by atoms with E-state index in [0.29, 0.717) is 12.0 Å². The zero-order valence-corrected chi connectivity index (χ0v) is 12.2. The molecule has 0 bridgehead atoms. The first-order valence-corrected chi connectivity index (χ1v) is 7.22. The van der Waals surface area contributed by atoms with E-state index in [0.717, 1.165) is 17.4 Å². The Morgan fingerprint density at radius 1 is 1.19 bits per heavy atom. The van der Waals surface area contributed by atoms with Gasteiger partial charge in [-0.15, -0.1) is 11.3 Å². The van der Waals surface area contributed by atoms with Gasteiger partial charge >= 0.3 is 0 Å². The fraction of sp³-hybridized carbons (Fsp3) is 0.188. The molecule has 0 spiro atoms. The van der Waals surface area contributed by atoms with Crippen LogP contribution in [-0.2, 0) is 16.0 Å². The van der Waals surface area contributed by atoms with Crippen molar-refractivity contribution in [1.82, 2.24) is 0 Å². The van der Waals surface area contributed by atoms with Crippen LogP contribution in [0.3, 0.4) is 0 Å². The summed E-state index contributed by atoms with van der Waals surface area (Å²) in [6, 6.07) is 7.95. The number of thiophene rings is 1. The molecule has 1 heterocycles. The van der Waals surface area contributed by atoms with Crippen LogP contribution in [0, 0.1) is 5.82 Å². The summed E-state index contributed by atoms with van der Waals surface area (Å²) >= 11 is 1.37. The molecule has 0 radical (unpaired) electrons. The third-order valence-electron chi connectivity index (χ3n) is 2.96. The van der Waals surface area contributed by atoms with Crippen LogP contribution in [0.15, 0.2) is 35.7 Å². The molecule has 0 unspecified atom stereocenters. The Morgan fingerprint density at radius 2 is 1.95 bits per heavy atom. The summed E-state index contributed by atoms with van der Waals surface area (Å²) in [5, 5.41) is 1.66. The molecule has 5 heteroatoms. The second-order valence-electron chi connectivity index (χ2n) is 4.69. The third-order valence-corrected chi connectivity index (χ3v) is 3.89. The van der Waals surface area contributed by atoms with Crippen LogP contribution in [-0.4, -0.2) is 17.3 Å². The third kappa shape index (κ3) is 4.16. The molecular weight excluding hydrogens is 291 g/mol. The van der Waals surface area contributed by atoms with Crippen molar-refractivity contribution < 1.29 is 18.8 Å². The lowest BCUT2D eigenvalue weighted by Gasteiger charge is -1.98. The van der Waals surface area contributed by atoms with Crippen LogP contribution in [0.2, 0.25) is 0 Å². The predicted octanol–water partition coefficient (Wildman–Crippen LogP) is 3.21. The molecule has 0 amide bonds. The second-order valence-corrected chi connectivity index (χ2v) is 5.68. The number of ketones is 3. The van der Waals surface area contributed by atoms with Crippen LogP contribution in [0.5, 0.6) is 0 Å². The van der Waals surface area contributed by atoms with Crippen LogP contribution in [0.1, 0.15) is 34.1 Å². The molecule has 0 fully saturated rings. The number of hydrogen-bond acceptors (Lipinski definition) is 4. The highest BCUT2D eigenvalue weighted by Gasteiger charge is 2.16. The summed E-state index contributed by atoms with van der Waals surface area (Å²) in [4.78, 5) is 34.9. The largest absolute Gasteiger partial charge is 0.294 e. The van der Waals surface area contributed by atoms with Gasteiger partial charge in [-0.1, -0.05) is 12.1 Å². The van der Waals surface area contributed by atoms with E-state index < -0.39 is 18.0 Å². The summed E-state index contributed by atoms with van der Waals surface area (Å²) in [5.41, 5.74) is 1.23. The molecule has 2 aromatic rings. The van der Waals surface area contributed by atoms with Gasteiger partial charge in [0.15, 0.2) is 11.6 Å². The number of carbonyl (C=O) groups is 3. The highest BCUT2D eigenvalue weighted by Crippen LogP contribution is 2.20. The van der Waals surface area contributed by atoms with Gasteiger partial charge in [0.25, 0.3) is 0 Å². The quantitative estimate of drug-likeness (QED) is 0.468. The molecule has 0 atom stereocenters. The summed E-state index contributed by atoms with van der Waals surface area (Å²) < 4.78 is 13.1. The lowest BCUT2D eigenvalue weighted by molar-refractivity contribution is -0.134. The molecule has 0 saturated carbocycles. The smallest absolute Gasteiger partial charge is 0.205 e. The van der Waals surface area contributed by atoms with Crippen LogP contribution in [0.4, 0.5) is 4.39 Å². The summed E-state index contributed by atoms with van der Waals surface area (Å²) in [7, 11) is 0. The van der Waals surface area contributed by atoms with Crippen molar-refractivity contribution in [2.75, 3.05) is 0 Å². The van der Waals surface area contributed by atoms with Gasteiger partial charge in [0.05, 0.1) is 6.42 Å². The van der Waals surface area contributed by atoms with Crippen LogP contribution < -0.4 is 0 Å². The van der Waals surface area contributed by atoms with E-state index in [4.69, 9.17) is 0 Å². The van der Waals surface area contributed by atoms with Crippen molar-refractivity contribution >= 4 is 28.7 Å². The summed E-state index contributed by atoms with van der Waals surface area (Å²) in [5.74, 6) is -1.96. The van der Waals surface area contributed by atoms with E-state index in [1.807, 2.05) is 6.07 Å². The fourth-order valence-electron chi connectivity index (χ4n) is 1.84. The van der Waals surface area contributed by atoms with Crippen molar-refractivity contribution in [3.63, 3.8) is 0 Å². The molecule has 1 aromatic heterocycles. The van der Waals surface area contributed by atoms with E-state index in [9.17, 15) is 18.8 Å². The molecule has 108 valence electrons. The number of Topliss-reactive ketones (excluding diaryl/α,β-unsaturated/α-hetero) is 3. The Balaban J connectivity index is 2.06. The highest BCUT2D eigenvalue weighted by atomic mass is 32.1. The number of benzene rings is 1. The Morgan fingerprint density at radius 3 is 2.62 bits per heavy atom. The summed E-state index contributed by atoms with van der Waals surface area (Å²) in [6.45, 7) is 1.15. The van der Waals surface area contributed by atoms with Crippen molar-refractivity contribution in [3.8, 4) is 0 Å². The predicted molar refractivity (Wildman–Crippen MR) is 78.2 cm³/mol. The van der Waals surface area contributed by atoms with Gasteiger partial charge in [0, 0.05) is 29.2 Å². The molecular formula is C16H13FO3S. The second kappa shape index (κ2) is 6.54. The molecule has 2 rings (SSSR count). The van der Waals surface area contributed by atoms with Gasteiger partial charge in [0.1, 0.15) is 5.82 Å². The van der Waals surface area contributed by atoms with Crippen molar-refractivity contribution in [2.45, 2.75) is 19.8 Å². The molecule has 0 aliphatic heterocycles. The normalized spacial score (nSPS) is 10.4. The lowest BCUT2D eigenvalue weighted by Crippen LogP contribution is -2.14. The van der Waals surface area contributed by atoms with Crippen LogP contribution in [0.25, 0.3) is 0 Å². The van der Waals surface area contributed by atoms with Crippen molar-refractivity contribution in [1.29, 1.82) is 0 Å². The van der Waals surface area contributed by atoms with Gasteiger partial charge in [-0.05, 0) is 23.8 Å². The standard InChI is InChI=1S/C16H13FO3S/c1-10(18)15(19)8-16(20)12-7-14(21-9-12)6-11-3-2-4-13(17)5-11/h2-5,7,9H,6,8H2,1H3. The first kappa shape index (κ1) is 15.3.